The maximum atomic E-state index is 6.03. The van der Waals surface area contributed by atoms with Gasteiger partial charge in [-0.3, -0.25) is 0 Å². The van der Waals surface area contributed by atoms with Gasteiger partial charge in [-0.25, -0.2) is 0 Å². The molecule has 3 aromatic rings. The van der Waals surface area contributed by atoms with Crippen LogP contribution in [0.2, 0.25) is 5.02 Å². The van der Waals surface area contributed by atoms with Gasteiger partial charge in [0.1, 0.15) is 18.1 Å². The van der Waals surface area contributed by atoms with E-state index < -0.39 is 0 Å². The molecule has 1 heterocycles. The normalized spacial score (nSPS) is 10.7. The van der Waals surface area contributed by atoms with Crippen molar-refractivity contribution in [3.8, 4) is 11.5 Å². The summed E-state index contributed by atoms with van der Waals surface area (Å²) in [6.45, 7) is 0.493. The fourth-order valence-corrected chi connectivity index (χ4v) is 2.28. The molecule has 20 heavy (non-hydrogen) atoms. The Balaban J connectivity index is 1.77. The monoisotopic (exact) mass is 287 g/mol. The largest absolute Gasteiger partial charge is 0.497 e. The number of hydrogen-bond donors (Lipinski definition) is 1. The highest BCUT2D eigenvalue weighted by atomic mass is 35.5. The summed E-state index contributed by atoms with van der Waals surface area (Å²) >= 11 is 6.03. The highest BCUT2D eigenvalue weighted by Crippen LogP contribution is 2.24. The Bertz CT molecular complexity index is 719. The minimum atomic E-state index is 0.493. The zero-order valence-electron chi connectivity index (χ0n) is 11.0. The number of rotatable bonds is 4. The van der Waals surface area contributed by atoms with Crippen molar-refractivity contribution >= 4 is 22.5 Å². The van der Waals surface area contributed by atoms with Crippen molar-refractivity contribution in [3.63, 3.8) is 0 Å². The fourth-order valence-electron chi connectivity index (χ4n) is 2.10. The molecule has 0 aliphatic heterocycles. The van der Waals surface area contributed by atoms with Crippen LogP contribution in [0.25, 0.3) is 10.9 Å². The van der Waals surface area contributed by atoms with Crippen molar-refractivity contribution in [3.05, 3.63) is 59.2 Å². The molecule has 0 spiro atoms. The highest BCUT2D eigenvalue weighted by Gasteiger charge is 2.05. The molecule has 102 valence electrons. The van der Waals surface area contributed by atoms with E-state index in [0.29, 0.717) is 6.61 Å². The number of ether oxygens (including phenoxy) is 2. The van der Waals surface area contributed by atoms with Gasteiger partial charge in [0.05, 0.1) is 7.11 Å². The number of fused-ring (bicyclic) bond motifs is 1. The van der Waals surface area contributed by atoms with Crippen LogP contribution >= 0.6 is 11.6 Å². The quantitative estimate of drug-likeness (QED) is 0.771. The molecule has 0 unspecified atom stereocenters. The third-order valence-corrected chi connectivity index (χ3v) is 3.42. The van der Waals surface area contributed by atoms with Crippen molar-refractivity contribution in [1.82, 2.24) is 4.98 Å². The molecule has 0 atom stereocenters. The molecule has 0 saturated carbocycles. The van der Waals surface area contributed by atoms with Crippen LogP contribution in [0.5, 0.6) is 11.5 Å². The van der Waals surface area contributed by atoms with Gasteiger partial charge >= 0.3 is 0 Å². The second-order valence-electron chi connectivity index (χ2n) is 4.47. The molecule has 0 amide bonds. The van der Waals surface area contributed by atoms with E-state index >= 15 is 0 Å². The Morgan fingerprint density at radius 3 is 2.55 bits per heavy atom. The van der Waals surface area contributed by atoms with Crippen molar-refractivity contribution in [1.29, 1.82) is 0 Å². The SMILES string of the molecule is COc1ccc(OCc2c[nH]c3ccc(Cl)cc23)cc1. The second-order valence-corrected chi connectivity index (χ2v) is 4.90. The van der Waals surface area contributed by atoms with Crippen LogP contribution in [0, 0.1) is 0 Å². The average Bonchev–Trinajstić information content (AvgIpc) is 2.88. The van der Waals surface area contributed by atoms with Gasteiger partial charge < -0.3 is 14.5 Å². The van der Waals surface area contributed by atoms with Crippen LogP contribution in [0.4, 0.5) is 0 Å². The molecule has 0 bridgehead atoms. The van der Waals surface area contributed by atoms with Crippen LogP contribution in [0.1, 0.15) is 5.56 Å². The molecule has 0 aliphatic carbocycles. The lowest BCUT2D eigenvalue weighted by Gasteiger charge is -2.06. The van der Waals surface area contributed by atoms with Crippen LogP contribution < -0.4 is 9.47 Å². The standard InChI is InChI=1S/C16H14ClNO2/c1-19-13-3-5-14(6-4-13)20-10-11-9-18-16-7-2-12(17)8-15(11)16/h2-9,18H,10H2,1H3. The maximum Gasteiger partial charge on any atom is 0.120 e. The lowest BCUT2D eigenvalue weighted by Crippen LogP contribution is -1.94. The van der Waals surface area contributed by atoms with Crippen molar-refractivity contribution in [2.24, 2.45) is 0 Å². The smallest absolute Gasteiger partial charge is 0.120 e. The topological polar surface area (TPSA) is 34.2 Å². The number of nitrogens with one attached hydrogen (secondary N) is 1. The summed E-state index contributed by atoms with van der Waals surface area (Å²) in [6.07, 6.45) is 1.95. The summed E-state index contributed by atoms with van der Waals surface area (Å²) in [7, 11) is 1.64. The Morgan fingerprint density at radius 2 is 1.80 bits per heavy atom. The molecule has 2 aromatic carbocycles. The molecule has 1 N–H and O–H groups in total. The van der Waals surface area contributed by atoms with E-state index in [1.807, 2.05) is 48.7 Å². The first-order chi connectivity index (χ1) is 9.76. The molecular weight excluding hydrogens is 274 g/mol. The summed E-state index contributed by atoms with van der Waals surface area (Å²) in [5, 5.41) is 1.81. The minimum absolute atomic E-state index is 0.493. The van der Waals surface area contributed by atoms with Crippen molar-refractivity contribution in [2.45, 2.75) is 6.61 Å². The third kappa shape index (κ3) is 2.58. The predicted molar refractivity (Wildman–Crippen MR) is 80.6 cm³/mol. The second kappa shape index (κ2) is 5.47. The molecule has 1 aromatic heterocycles. The third-order valence-electron chi connectivity index (χ3n) is 3.18. The van der Waals surface area contributed by atoms with E-state index in [1.54, 1.807) is 7.11 Å². The zero-order valence-corrected chi connectivity index (χ0v) is 11.8. The first-order valence-corrected chi connectivity index (χ1v) is 6.66. The number of aromatic nitrogens is 1. The van der Waals surface area contributed by atoms with E-state index in [4.69, 9.17) is 21.1 Å². The van der Waals surface area contributed by atoms with Gasteiger partial charge in [-0.1, -0.05) is 11.6 Å². The van der Waals surface area contributed by atoms with E-state index in [-0.39, 0.29) is 0 Å². The number of methoxy groups -OCH3 is 1. The molecule has 3 rings (SSSR count). The number of aromatic amines is 1. The number of benzene rings is 2. The number of H-pyrrole nitrogens is 1. The molecule has 0 aliphatic rings. The molecule has 0 fully saturated rings. The predicted octanol–water partition coefficient (Wildman–Crippen LogP) is 4.41. The van der Waals surface area contributed by atoms with Crippen LogP contribution in [-0.2, 0) is 6.61 Å². The van der Waals surface area contributed by atoms with Crippen molar-refractivity contribution < 1.29 is 9.47 Å². The van der Waals surface area contributed by atoms with E-state index in [1.165, 1.54) is 0 Å². The van der Waals surface area contributed by atoms with Gasteiger partial charge in [0.25, 0.3) is 0 Å². The Labute approximate surface area is 122 Å². The van der Waals surface area contributed by atoms with Crippen LogP contribution in [-0.4, -0.2) is 12.1 Å². The van der Waals surface area contributed by atoms with Gasteiger partial charge in [-0.15, -0.1) is 0 Å². The van der Waals surface area contributed by atoms with E-state index in [0.717, 1.165) is 33.0 Å². The van der Waals surface area contributed by atoms with Crippen molar-refractivity contribution in [2.75, 3.05) is 7.11 Å². The molecule has 4 heteroatoms. The van der Waals surface area contributed by atoms with Crippen LogP contribution in [0.3, 0.4) is 0 Å². The summed E-state index contributed by atoms with van der Waals surface area (Å²) < 4.78 is 10.9. The fraction of sp³-hybridized carbons (Fsp3) is 0.125. The van der Waals surface area contributed by atoms with E-state index in [9.17, 15) is 0 Å². The Kier molecular flexibility index (Phi) is 3.52. The summed E-state index contributed by atoms with van der Waals surface area (Å²) in [6, 6.07) is 13.3. The summed E-state index contributed by atoms with van der Waals surface area (Å²) in [5.74, 6) is 1.62. The van der Waals surface area contributed by atoms with E-state index in [2.05, 4.69) is 4.98 Å². The van der Waals surface area contributed by atoms with Crippen LogP contribution in [0.15, 0.2) is 48.7 Å². The summed E-state index contributed by atoms with van der Waals surface area (Å²) in [5.41, 5.74) is 2.14. The van der Waals surface area contributed by atoms with Gasteiger partial charge in [0, 0.05) is 27.7 Å². The van der Waals surface area contributed by atoms with Gasteiger partial charge in [0.2, 0.25) is 0 Å². The van der Waals surface area contributed by atoms with Gasteiger partial charge in [0.15, 0.2) is 0 Å². The minimum Gasteiger partial charge on any atom is -0.497 e. The first kappa shape index (κ1) is 12.9. The molecule has 3 nitrogen and oxygen atoms in total. The zero-order chi connectivity index (χ0) is 13.9. The number of halogens is 1. The van der Waals surface area contributed by atoms with Gasteiger partial charge in [-0.2, -0.15) is 0 Å². The first-order valence-electron chi connectivity index (χ1n) is 6.28. The van der Waals surface area contributed by atoms with Gasteiger partial charge in [-0.05, 0) is 42.5 Å². The lowest BCUT2D eigenvalue weighted by atomic mass is 10.2. The number of hydrogen-bond acceptors (Lipinski definition) is 2. The molecule has 0 saturated heterocycles. The average molecular weight is 288 g/mol. The lowest BCUT2D eigenvalue weighted by molar-refractivity contribution is 0.307. The Morgan fingerprint density at radius 1 is 1.05 bits per heavy atom. The molecular formula is C16H14ClNO2. The summed E-state index contributed by atoms with van der Waals surface area (Å²) in [4.78, 5) is 3.21. The molecule has 0 radical (unpaired) electrons. The maximum absolute atomic E-state index is 6.03. The highest BCUT2D eigenvalue weighted by molar-refractivity contribution is 6.31. The Hall–Kier alpha value is -2.13.